The summed E-state index contributed by atoms with van der Waals surface area (Å²) in [5.74, 6) is 0.206. The second kappa shape index (κ2) is 7.45. The lowest BCUT2D eigenvalue weighted by atomic mass is 10.2. The van der Waals surface area contributed by atoms with Crippen molar-refractivity contribution in [3.8, 4) is 5.75 Å². The lowest BCUT2D eigenvalue weighted by molar-refractivity contribution is -0.122. The number of rotatable bonds is 5. The van der Waals surface area contributed by atoms with Crippen LogP contribution in [0.3, 0.4) is 0 Å². The highest BCUT2D eigenvalue weighted by atomic mass is 16.5. The van der Waals surface area contributed by atoms with Gasteiger partial charge in [-0.3, -0.25) is 9.59 Å². The molecule has 0 bridgehead atoms. The molecule has 2 N–H and O–H groups in total. The molecule has 2 aromatic carbocycles. The molecule has 23 heavy (non-hydrogen) atoms. The Kier molecular flexibility index (Phi) is 5.36. The Bertz CT molecular complexity index is 696. The molecule has 0 radical (unpaired) electrons. The number of nitrogens with one attached hydrogen (secondary N) is 2. The van der Waals surface area contributed by atoms with E-state index in [9.17, 15) is 9.59 Å². The summed E-state index contributed by atoms with van der Waals surface area (Å²) >= 11 is 0. The largest absolute Gasteiger partial charge is 0.481 e. The molecule has 0 heterocycles. The molecule has 5 heteroatoms. The van der Waals surface area contributed by atoms with E-state index in [-0.39, 0.29) is 11.8 Å². The number of carbonyl (C=O) groups is 2. The Morgan fingerprint density at radius 1 is 1.00 bits per heavy atom. The predicted molar refractivity (Wildman–Crippen MR) is 90.6 cm³/mol. The minimum Gasteiger partial charge on any atom is -0.481 e. The summed E-state index contributed by atoms with van der Waals surface area (Å²) in [5.41, 5.74) is 2.50. The van der Waals surface area contributed by atoms with Crippen molar-refractivity contribution in [1.82, 2.24) is 0 Å². The summed E-state index contributed by atoms with van der Waals surface area (Å²) in [6.45, 7) is 5.10. The topological polar surface area (TPSA) is 67.4 Å². The van der Waals surface area contributed by atoms with Gasteiger partial charge in [-0.05, 0) is 55.8 Å². The predicted octanol–water partition coefficient (Wildman–Crippen LogP) is 3.36. The molecule has 0 aliphatic carbocycles. The van der Waals surface area contributed by atoms with Crippen molar-refractivity contribution in [1.29, 1.82) is 0 Å². The smallest absolute Gasteiger partial charge is 0.265 e. The van der Waals surface area contributed by atoms with Gasteiger partial charge in [0.15, 0.2) is 6.10 Å². The summed E-state index contributed by atoms with van der Waals surface area (Å²) in [5, 5.41) is 5.49. The SMILES string of the molecule is CC(=O)Nc1ccc(O[C@@H](C)C(=O)Nc2cccc(C)c2)cc1. The Hall–Kier alpha value is -2.82. The molecule has 0 aliphatic rings. The van der Waals surface area contributed by atoms with Gasteiger partial charge >= 0.3 is 0 Å². The third-order valence-electron chi connectivity index (χ3n) is 3.14. The summed E-state index contributed by atoms with van der Waals surface area (Å²) < 4.78 is 5.61. The van der Waals surface area contributed by atoms with Crippen LogP contribution in [0, 0.1) is 6.92 Å². The van der Waals surface area contributed by atoms with E-state index in [1.54, 1.807) is 31.2 Å². The van der Waals surface area contributed by atoms with E-state index in [1.165, 1.54) is 6.92 Å². The molecule has 2 amide bonds. The zero-order valence-corrected chi connectivity index (χ0v) is 13.4. The average molecular weight is 312 g/mol. The van der Waals surface area contributed by atoms with Crippen LogP contribution >= 0.6 is 0 Å². The lowest BCUT2D eigenvalue weighted by Crippen LogP contribution is -2.30. The molecule has 0 aliphatic heterocycles. The normalized spacial score (nSPS) is 11.4. The molecule has 120 valence electrons. The van der Waals surface area contributed by atoms with Crippen LogP contribution in [0.5, 0.6) is 5.75 Å². The molecule has 0 aromatic heterocycles. The quantitative estimate of drug-likeness (QED) is 0.889. The van der Waals surface area contributed by atoms with Crippen LogP contribution in [-0.2, 0) is 9.59 Å². The van der Waals surface area contributed by atoms with Gasteiger partial charge in [-0.25, -0.2) is 0 Å². The second-order valence-corrected chi connectivity index (χ2v) is 5.32. The molecular weight excluding hydrogens is 292 g/mol. The van der Waals surface area contributed by atoms with Crippen molar-refractivity contribution in [3.05, 3.63) is 54.1 Å². The van der Waals surface area contributed by atoms with Gasteiger partial charge in [0.2, 0.25) is 5.91 Å². The number of amides is 2. The highest BCUT2D eigenvalue weighted by molar-refractivity contribution is 5.94. The molecule has 0 fully saturated rings. The Morgan fingerprint density at radius 3 is 2.30 bits per heavy atom. The molecule has 2 rings (SSSR count). The van der Waals surface area contributed by atoms with Gasteiger partial charge in [-0.2, -0.15) is 0 Å². The van der Waals surface area contributed by atoms with Gasteiger partial charge in [0, 0.05) is 18.3 Å². The molecule has 2 aromatic rings. The third-order valence-corrected chi connectivity index (χ3v) is 3.14. The number of hydrogen-bond donors (Lipinski definition) is 2. The standard InChI is InChI=1S/C18H20N2O3/c1-12-5-4-6-16(11-12)20-18(22)13(2)23-17-9-7-15(8-10-17)19-14(3)21/h4-11,13H,1-3H3,(H,19,21)(H,20,22)/t13-/m0/s1. The van der Waals surface area contributed by atoms with Crippen LogP contribution in [-0.4, -0.2) is 17.9 Å². The van der Waals surface area contributed by atoms with Gasteiger partial charge in [-0.1, -0.05) is 12.1 Å². The van der Waals surface area contributed by atoms with Crippen molar-refractivity contribution in [2.45, 2.75) is 26.9 Å². The first-order valence-electron chi connectivity index (χ1n) is 7.36. The maximum Gasteiger partial charge on any atom is 0.265 e. The first kappa shape index (κ1) is 16.5. The molecule has 0 saturated heterocycles. The Labute approximate surface area is 135 Å². The summed E-state index contributed by atoms with van der Waals surface area (Å²) in [6.07, 6.45) is -0.637. The van der Waals surface area contributed by atoms with E-state index in [4.69, 9.17) is 4.74 Å². The first-order chi connectivity index (χ1) is 10.9. The van der Waals surface area contributed by atoms with Gasteiger partial charge in [0.05, 0.1) is 0 Å². The molecule has 0 spiro atoms. The molecule has 0 saturated carbocycles. The van der Waals surface area contributed by atoms with Crippen LogP contribution in [0.25, 0.3) is 0 Å². The van der Waals surface area contributed by atoms with Crippen LogP contribution < -0.4 is 15.4 Å². The van der Waals surface area contributed by atoms with E-state index >= 15 is 0 Å². The average Bonchev–Trinajstić information content (AvgIpc) is 2.48. The molecular formula is C18H20N2O3. The van der Waals surface area contributed by atoms with Crippen LogP contribution in [0.2, 0.25) is 0 Å². The molecule has 0 unspecified atom stereocenters. The first-order valence-corrected chi connectivity index (χ1v) is 7.36. The maximum absolute atomic E-state index is 12.1. The zero-order chi connectivity index (χ0) is 16.8. The van der Waals surface area contributed by atoms with Crippen molar-refractivity contribution in [3.63, 3.8) is 0 Å². The summed E-state index contributed by atoms with van der Waals surface area (Å²) in [6, 6.07) is 14.4. The molecule has 1 atom stereocenters. The minimum atomic E-state index is -0.637. The minimum absolute atomic E-state index is 0.135. The Morgan fingerprint density at radius 2 is 1.70 bits per heavy atom. The zero-order valence-electron chi connectivity index (χ0n) is 13.4. The summed E-state index contributed by atoms with van der Waals surface area (Å²) in [4.78, 5) is 23.1. The highest BCUT2D eigenvalue weighted by Gasteiger charge is 2.15. The summed E-state index contributed by atoms with van der Waals surface area (Å²) in [7, 11) is 0. The van der Waals surface area contributed by atoms with Crippen molar-refractivity contribution in [2.75, 3.05) is 10.6 Å². The number of ether oxygens (including phenoxy) is 1. The van der Waals surface area contributed by atoms with Gasteiger partial charge < -0.3 is 15.4 Å². The van der Waals surface area contributed by atoms with E-state index < -0.39 is 6.10 Å². The van der Waals surface area contributed by atoms with Gasteiger partial charge in [0.1, 0.15) is 5.75 Å². The van der Waals surface area contributed by atoms with Crippen LogP contribution in [0.1, 0.15) is 19.4 Å². The van der Waals surface area contributed by atoms with Gasteiger partial charge in [-0.15, -0.1) is 0 Å². The number of carbonyl (C=O) groups excluding carboxylic acids is 2. The maximum atomic E-state index is 12.1. The van der Waals surface area contributed by atoms with Crippen LogP contribution in [0.4, 0.5) is 11.4 Å². The van der Waals surface area contributed by atoms with Crippen molar-refractivity contribution < 1.29 is 14.3 Å². The highest BCUT2D eigenvalue weighted by Crippen LogP contribution is 2.18. The van der Waals surface area contributed by atoms with E-state index in [0.717, 1.165) is 11.3 Å². The van der Waals surface area contributed by atoms with Crippen molar-refractivity contribution in [2.24, 2.45) is 0 Å². The Balaban J connectivity index is 1.94. The number of aryl methyl sites for hydroxylation is 1. The van der Waals surface area contributed by atoms with E-state index in [0.29, 0.717) is 11.4 Å². The number of benzene rings is 2. The second-order valence-electron chi connectivity index (χ2n) is 5.32. The van der Waals surface area contributed by atoms with Gasteiger partial charge in [0.25, 0.3) is 5.91 Å². The monoisotopic (exact) mass is 312 g/mol. The van der Waals surface area contributed by atoms with Crippen molar-refractivity contribution >= 4 is 23.2 Å². The fourth-order valence-electron chi connectivity index (χ4n) is 2.04. The molecule has 5 nitrogen and oxygen atoms in total. The fraction of sp³-hybridized carbons (Fsp3) is 0.222. The van der Waals surface area contributed by atoms with E-state index in [1.807, 2.05) is 31.2 Å². The van der Waals surface area contributed by atoms with Crippen LogP contribution in [0.15, 0.2) is 48.5 Å². The number of anilines is 2. The third kappa shape index (κ3) is 5.14. The lowest BCUT2D eigenvalue weighted by Gasteiger charge is -2.15. The fourth-order valence-corrected chi connectivity index (χ4v) is 2.04. The number of hydrogen-bond acceptors (Lipinski definition) is 3. The van der Waals surface area contributed by atoms with E-state index in [2.05, 4.69) is 10.6 Å².